The average Bonchev–Trinajstić information content (AvgIpc) is 2.40. The van der Waals surface area contributed by atoms with Crippen LogP contribution in [0.2, 0.25) is 5.02 Å². The molecular formula is C12H13ClF3N3O. The molecule has 2 N–H and O–H groups in total. The molecule has 0 aliphatic carbocycles. The number of nitrogens with zero attached hydrogens (tertiary/aromatic N) is 1. The summed E-state index contributed by atoms with van der Waals surface area (Å²) in [6, 6.07) is 2.89. The van der Waals surface area contributed by atoms with E-state index in [1.807, 2.05) is 0 Å². The van der Waals surface area contributed by atoms with E-state index in [0.29, 0.717) is 26.2 Å². The zero-order chi connectivity index (χ0) is 14.8. The standard InChI is InChI=1S/C12H13ClF3N3O/c13-10-2-1-8(7-9(10)12(14,15)16)18-11(20)19-5-3-17-4-6-19/h1-2,7,17H,3-6H2,(H,18,20). The van der Waals surface area contributed by atoms with Crippen molar-refractivity contribution in [1.82, 2.24) is 10.2 Å². The van der Waals surface area contributed by atoms with Crippen LogP contribution in [0.3, 0.4) is 0 Å². The van der Waals surface area contributed by atoms with Crippen LogP contribution in [0.4, 0.5) is 23.7 Å². The second kappa shape index (κ2) is 5.88. The van der Waals surface area contributed by atoms with Crippen molar-refractivity contribution in [3.8, 4) is 0 Å². The molecule has 1 aliphatic heterocycles. The first-order chi connectivity index (χ1) is 9.38. The first-order valence-corrected chi connectivity index (χ1v) is 6.39. The van der Waals surface area contributed by atoms with Gasteiger partial charge in [0.2, 0.25) is 0 Å². The number of carbonyl (C=O) groups excluding carboxylic acids is 1. The highest BCUT2D eigenvalue weighted by Crippen LogP contribution is 2.36. The van der Waals surface area contributed by atoms with E-state index in [9.17, 15) is 18.0 Å². The number of alkyl halides is 3. The molecule has 20 heavy (non-hydrogen) atoms. The third kappa shape index (κ3) is 3.55. The SMILES string of the molecule is O=C(Nc1ccc(Cl)c(C(F)(F)F)c1)N1CCNCC1. The minimum atomic E-state index is -4.55. The molecule has 0 spiro atoms. The van der Waals surface area contributed by atoms with Crippen LogP contribution >= 0.6 is 11.6 Å². The van der Waals surface area contributed by atoms with Crippen LogP contribution in [0.1, 0.15) is 5.56 Å². The number of rotatable bonds is 1. The molecule has 4 nitrogen and oxygen atoms in total. The van der Waals surface area contributed by atoms with Gasteiger partial charge >= 0.3 is 12.2 Å². The number of nitrogens with one attached hydrogen (secondary N) is 2. The molecular weight excluding hydrogens is 295 g/mol. The molecule has 1 fully saturated rings. The van der Waals surface area contributed by atoms with Crippen LogP contribution < -0.4 is 10.6 Å². The van der Waals surface area contributed by atoms with E-state index in [0.717, 1.165) is 12.1 Å². The van der Waals surface area contributed by atoms with Crippen molar-refractivity contribution in [3.05, 3.63) is 28.8 Å². The van der Waals surface area contributed by atoms with Crippen LogP contribution in [-0.4, -0.2) is 37.1 Å². The third-order valence-corrected chi connectivity index (χ3v) is 3.26. The zero-order valence-corrected chi connectivity index (χ0v) is 11.2. The second-order valence-corrected chi connectivity index (χ2v) is 4.77. The number of amides is 2. The maximum absolute atomic E-state index is 12.7. The number of benzene rings is 1. The van der Waals surface area contributed by atoms with Crippen molar-refractivity contribution in [2.24, 2.45) is 0 Å². The topological polar surface area (TPSA) is 44.4 Å². The molecule has 1 aromatic rings. The summed E-state index contributed by atoms with van der Waals surface area (Å²) in [7, 11) is 0. The molecule has 0 saturated carbocycles. The van der Waals surface area contributed by atoms with Crippen molar-refractivity contribution in [1.29, 1.82) is 0 Å². The summed E-state index contributed by atoms with van der Waals surface area (Å²) in [6.45, 7) is 2.38. The number of carbonyl (C=O) groups is 1. The summed E-state index contributed by atoms with van der Waals surface area (Å²) < 4.78 is 38.1. The Hall–Kier alpha value is -1.47. The van der Waals surface area contributed by atoms with Gasteiger partial charge in [0.15, 0.2) is 0 Å². The molecule has 1 aliphatic rings. The molecule has 0 aromatic heterocycles. The van der Waals surface area contributed by atoms with E-state index in [-0.39, 0.29) is 5.69 Å². The van der Waals surface area contributed by atoms with E-state index in [1.54, 1.807) is 4.90 Å². The van der Waals surface area contributed by atoms with Crippen LogP contribution in [-0.2, 0) is 6.18 Å². The maximum Gasteiger partial charge on any atom is 0.417 e. The Balaban J connectivity index is 2.11. The summed E-state index contributed by atoms with van der Waals surface area (Å²) in [5.74, 6) is 0. The van der Waals surface area contributed by atoms with Crippen LogP contribution in [0, 0.1) is 0 Å². The third-order valence-electron chi connectivity index (χ3n) is 2.93. The molecule has 0 radical (unpaired) electrons. The molecule has 110 valence electrons. The number of hydrogen-bond donors (Lipinski definition) is 2. The van der Waals surface area contributed by atoms with Crippen LogP contribution in [0.25, 0.3) is 0 Å². The number of piperazine rings is 1. The Morgan fingerprint density at radius 3 is 2.55 bits per heavy atom. The predicted molar refractivity (Wildman–Crippen MR) is 69.9 cm³/mol. The van der Waals surface area contributed by atoms with Gasteiger partial charge in [-0.3, -0.25) is 0 Å². The van der Waals surface area contributed by atoms with Crippen molar-refractivity contribution < 1.29 is 18.0 Å². The van der Waals surface area contributed by atoms with Gasteiger partial charge in [-0.1, -0.05) is 11.6 Å². The van der Waals surface area contributed by atoms with Gasteiger partial charge in [-0.25, -0.2) is 4.79 Å². The quantitative estimate of drug-likeness (QED) is 0.838. The van der Waals surface area contributed by atoms with E-state index < -0.39 is 22.8 Å². The largest absolute Gasteiger partial charge is 0.417 e. The van der Waals surface area contributed by atoms with E-state index in [2.05, 4.69) is 10.6 Å². The molecule has 2 amide bonds. The molecule has 2 rings (SSSR count). The lowest BCUT2D eigenvalue weighted by Crippen LogP contribution is -2.48. The molecule has 1 saturated heterocycles. The Bertz CT molecular complexity index is 501. The van der Waals surface area contributed by atoms with Crippen molar-refractivity contribution in [2.45, 2.75) is 6.18 Å². The van der Waals surface area contributed by atoms with Gasteiger partial charge in [-0.05, 0) is 18.2 Å². The highest BCUT2D eigenvalue weighted by molar-refractivity contribution is 6.31. The van der Waals surface area contributed by atoms with Gasteiger partial charge in [0.05, 0.1) is 10.6 Å². The monoisotopic (exact) mass is 307 g/mol. The fourth-order valence-electron chi connectivity index (χ4n) is 1.89. The minimum absolute atomic E-state index is 0.0743. The Kier molecular flexibility index (Phi) is 4.39. The van der Waals surface area contributed by atoms with Gasteiger partial charge < -0.3 is 15.5 Å². The molecule has 0 bridgehead atoms. The van der Waals surface area contributed by atoms with Crippen molar-refractivity contribution in [2.75, 3.05) is 31.5 Å². The molecule has 1 aromatic carbocycles. The Morgan fingerprint density at radius 1 is 1.30 bits per heavy atom. The van der Waals surface area contributed by atoms with Gasteiger partial charge in [-0.15, -0.1) is 0 Å². The number of urea groups is 1. The first-order valence-electron chi connectivity index (χ1n) is 6.01. The summed E-state index contributed by atoms with van der Waals surface area (Å²) in [5, 5.41) is 5.14. The second-order valence-electron chi connectivity index (χ2n) is 4.36. The lowest BCUT2D eigenvalue weighted by Gasteiger charge is -2.27. The van der Waals surface area contributed by atoms with Gasteiger partial charge in [0.1, 0.15) is 0 Å². The highest BCUT2D eigenvalue weighted by atomic mass is 35.5. The Morgan fingerprint density at radius 2 is 1.95 bits per heavy atom. The highest BCUT2D eigenvalue weighted by Gasteiger charge is 2.33. The summed E-state index contributed by atoms with van der Waals surface area (Å²) >= 11 is 5.51. The van der Waals surface area contributed by atoms with Crippen molar-refractivity contribution in [3.63, 3.8) is 0 Å². The summed E-state index contributed by atoms with van der Waals surface area (Å²) in [5.41, 5.74) is -0.887. The summed E-state index contributed by atoms with van der Waals surface area (Å²) in [4.78, 5) is 13.4. The van der Waals surface area contributed by atoms with Gasteiger partial charge in [0.25, 0.3) is 0 Å². The summed E-state index contributed by atoms with van der Waals surface area (Å²) in [6.07, 6.45) is -4.55. The minimum Gasteiger partial charge on any atom is -0.322 e. The van der Waals surface area contributed by atoms with Gasteiger partial charge in [0, 0.05) is 31.9 Å². The van der Waals surface area contributed by atoms with Crippen LogP contribution in [0.5, 0.6) is 0 Å². The molecule has 0 atom stereocenters. The molecule has 8 heteroatoms. The maximum atomic E-state index is 12.7. The Labute approximate surface area is 118 Å². The number of halogens is 4. The average molecular weight is 308 g/mol. The lowest BCUT2D eigenvalue weighted by atomic mass is 10.2. The van der Waals surface area contributed by atoms with E-state index in [4.69, 9.17) is 11.6 Å². The van der Waals surface area contributed by atoms with Crippen LogP contribution in [0.15, 0.2) is 18.2 Å². The van der Waals surface area contributed by atoms with Crippen molar-refractivity contribution >= 4 is 23.3 Å². The van der Waals surface area contributed by atoms with E-state index in [1.165, 1.54) is 6.07 Å². The molecule has 1 heterocycles. The normalized spacial score (nSPS) is 16.1. The predicted octanol–water partition coefficient (Wildman–Crippen LogP) is 2.80. The smallest absolute Gasteiger partial charge is 0.322 e. The fraction of sp³-hybridized carbons (Fsp3) is 0.417. The molecule has 0 unspecified atom stereocenters. The van der Waals surface area contributed by atoms with E-state index >= 15 is 0 Å². The number of anilines is 1. The zero-order valence-electron chi connectivity index (χ0n) is 10.4. The number of hydrogen-bond acceptors (Lipinski definition) is 2. The van der Waals surface area contributed by atoms with Gasteiger partial charge in [-0.2, -0.15) is 13.2 Å². The fourth-order valence-corrected chi connectivity index (χ4v) is 2.12. The lowest BCUT2D eigenvalue weighted by molar-refractivity contribution is -0.137. The first kappa shape index (κ1) is 14.9.